The van der Waals surface area contributed by atoms with Crippen molar-refractivity contribution in [2.45, 2.75) is 31.5 Å². The van der Waals surface area contributed by atoms with Crippen LogP contribution in [0.4, 0.5) is 24.5 Å². The number of allylic oxidation sites excluding steroid dienone is 2. The van der Waals surface area contributed by atoms with Gasteiger partial charge in [-0.1, -0.05) is 42.5 Å². The number of ether oxygens (including phenoxy) is 1. The van der Waals surface area contributed by atoms with Crippen molar-refractivity contribution in [3.05, 3.63) is 107 Å². The van der Waals surface area contributed by atoms with Crippen LogP contribution in [0, 0.1) is 5.92 Å². The molecule has 0 radical (unpaired) electrons. The Morgan fingerprint density at radius 1 is 1.02 bits per heavy atom. The van der Waals surface area contributed by atoms with Gasteiger partial charge in [-0.3, -0.25) is 9.59 Å². The number of nitrogens with one attached hydrogen (secondary N) is 2. The average molecular weight is 549 g/mol. The van der Waals surface area contributed by atoms with Gasteiger partial charge < -0.3 is 20.5 Å². The number of anilines is 2. The number of aliphatic hydroxyl groups is 1. The maximum atomic E-state index is 13.1. The van der Waals surface area contributed by atoms with E-state index in [-0.39, 0.29) is 6.42 Å². The maximum absolute atomic E-state index is 13.1. The minimum absolute atomic E-state index is 0.0691. The van der Waals surface area contributed by atoms with Crippen LogP contribution in [-0.4, -0.2) is 29.6 Å². The Labute approximate surface area is 229 Å². The minimum Gasteiger partial charge on any atom is -0.493 e. The SMILES string of the molecule is O=C(/C=C/C=C(/c1ccc(OCC2CC2)cc1)c1ccc(C(F)(F)F)cc1)Nc1cccc2c1CC(O)C(=O)N2. The number of amides is 2. The number of carbonyl (C=O) groups is 2. The van der Waals surface area contributed by atoms with Gasteiger partial charge in [0.2, 0.25) is 5.91 Å². The molecular weight excluding hydrogens is 521 g/mol. The van der Waals surface area contributed by atoms with Gasteiger partial charge in [0, 0.05) is 29.4 Å². The summed E-state index contributed by atoms with van der Waals surface area (Å²) < 4.78 is 45.2. The number of alkyl halides is 3. The number of carbonyl (C=O) groups excluding carboxylic acids is 2. The number of fused-ring (bicyclic) bond motifs is 1. The highest BCUT2D eigenvalue weighted by atomic mass is 19.4. The lowest BCUT2D eigenvalue weighted by Gasteiger charge is -2.23. The molecule has 1 unspecified atom stereocenters. The average Bonchev–Trinajstić information content (AvgIpc) is 3.76. The van der Waals surface area contributed by atoms with E-state index in [0.717, 1.165) is 17.7 Å². The van der Waals surface area contributed by atoms with Crippen LogP contribution in [0.25, 0.3) is 5.57 Å². The van der Waals surface area contributed by atoms with Gasteiger partial charge in [0.15, 0.2) is 0 Å². The van der Waals surface area contributed by atoms with Gasteiger partial charge in [0.1, 0.15) is 11.9 Å². The Morgan fingerprint density at radius 2 is 1.70 bits per heavy atom. The highest BCUT2D eigenvalue weighted by Crippen LogP contribution is 2.33. The molecule has 1 saturated carbocycles. The Kier molecular flexibility index (Phi) is 7.75. The molecule has 5 rings (SSSR count). The zero-order chi connectivity index (χ0) is 28.3. The predicted molar refractivity (Wildman–Crippen MR) is 146 cm³/mol. The lowest BCUT2D eigenvalue weighted by atomic mass is 9.96. The monoisotopic (exact) mass is 548 g/mol. The van der Waals surface area contributed by atoms with E-state index in [0.29, 0.717) is 46.3 Å². The second kappa shape index (κ2) is 11.4. The van der Waals surface area contributed by atoms with Crippen molar-refractivity contribution in [2.24, 2.45) is 5.92 Å². The molecule has 2 amide bonds. The molecule has 206 valence electrons. The summed E-state index contributed by atoms with van der Waals surface area (Å²) in [5.74, 6) is 0.361. The summed E-state index contributed by atoms with van der Waals surface area (Å²) in [6.07, 6.45) is 1.23. The summed E-state index contributed by atoms with van der Waals surface area (Å²) >= 11 is 0. The van der Waals surface area contributed by atoms with Crippen LogP contribution >= 0.6 is 0 Å². The lowest BCUT2D eigenvalue weighted by Crippen LogP contribution is -2.34. The summed E-state index contributed by atoms with van der Waals surface area (Å²) in [7, 11) is 0. The molecule has 0 saturated heterocycles. The van der Waals surface area contributed by atoms with E-state index in [4.69, 9.17) is 4.74 Å². The molecule has 1 aliphatic carbocycles. The number of hydrogen-bond donors (Lipinski definition) is 3. The molecule has 0 aromatic heterocycles. The summed E-state index contributed by atoms with van der Waals surface area (Å²) in [6, 6.07) is 17.2. The molecular formula is C31H27F3N2O4. The molecule has 3 aromatic carbocycles. The van der Waals surface area contributed by atoms with Gasteiger partial charge in [-0.2, -0.15) is 13.2 Å². The largest absolute Gasteiger partial charge is 0.493 e. The molecule has 40 heavy (non-hydrogen) atoms. The standard InChI is InChI=1S/C31H27F3N2O4/c32-31(33,34)22-13-9-20(10-14-22)24(21-11-15-23(16-12-21)40-18-19-7-8-19)3-1-6-29(38)35-26-4-2-5-27-25(26)17-28(37)30(39)36-27/h1-6,9-16,19,28,37H,7-8,17-18H2,(H,35,38)(H,36,39)/b6-1+,24-3+. The molecule has 0 bridgehead atoms. The first-order valence-corrected chi connectivity index (χ1v) is 12.9. The van der Waals surface area contributed by atoms with Crippen LogP contribution in [0.3, 0.4) is 0 Å². The fraction of sp³-hybridized carbons (Fsp3) is 0.226. The molecule has 0 spiro atoms. The number of aliphatic hydroxyl groups excluding tert-OH is 1. The maximum Gasteiger partial charge on any atom is 0.416 e. The summed E-state index contributed by atoms with van der Waals surface area (Å²) in [6.45, 7) is 0.661. The van der Waals surface area contributed by atoms with Crippen molar-refractivity contribution in [2.75, 3.05) is 17.2 Å². The van der Waals surface area contributed by atoms with Crippen molar-refractivity contribution in [1.29, 1.82) is 0 Å². The van der Waals surface area contributed by atoms with Crippen LogP contribution < -0.4 is 15.4 Å². The van der Waals surface area contributed by atoms with E-state index in [1.54, 1.807) is 24.3 Å². The Morgan fingerprint density at radius 3 is 2.35 bits per heavy atom. The predicted octanol–water partition coefficient (Wildman–Crippen LogP) is 5.98. The van der Waals surface area contributed by atoms with E-state index >= 15 is 0 Å². The van der Waals surface area contributed by atoms with Gasteiger partial charge in [-0.05, 0) is 71.9 Å². The molecule has 1 fully saturated rings. The normalized spacial score (nSPS) is 17.4. The van der Waals surface area contributed by atoms with Crippen LogP contribution in [0.5, 0.6) is 5.75 Å². The van der Waals surface area contributed by atoms with Gasteiger partial charge in [-0.25, -0.2) is 0 Å². The van der Waals surface area contributed by atoms with E-state index in [1.807, 2.05) is 24.3 Å². The van der Waals surface area contributed by atoms with Crippen LogP contribution in [0.15, 0.2) is 85.0 Å². The quantitative estimate of drug-likeness (QED) is 0.239. The van der Waals surface area contributed by atoms with Crippen LogP contribution in [0.2, 0.25) is 0 Å². The molecule has 1 heterocycles. The van der Waals surface area contributed by atoms with Crippen molar-refractivity contribution in [1.82, 2.24) is 0 Å². The second-order valence-corrected chi connectivity index (χ2v) is 9.82. The molecule has 9 heteroatoms. The lowest BCUT2D eigenvalue weighted by molar-refractivity contribution is -0.137. The smallest absolute Gasteiger partial charge is 0.416 e. The summed E-state index contributed by atoms with van der Waals surface area (Å²) in [4.78, 5) is 24.5. The zero-order valence-corrected chi connectivity index (χ0v) is 21.4. The number of halogens is 3. The zero-order valence-electron chi connectivity index (χ0n) is 21.4. The number of hydrogen-bond acceptors (Lipinski definition) is 4. The van der Waals surface area contributed by atoms with Gasteiger partial charge in [0.05, 0.1) is 12.2 Å². The summed E-state index contributed by atoms with van der Waals surface area (Å²) in [5.41, 5.74) is 2.75. The first-order chi connectivity index (χ1) is 19.2. The van der Waals surface area contributed by atoms with Crippen molar-refractivity contribution >= 4 is 28.8 Å². The Hall–Kier alpha value is -4.37. The first kappa shape index (κ1) is 27.2. The van der Waals surface area contributed by atoms with E-state index in [9.17, 15) is 27.9 Å². The van der Waals surface area contributed by atoms with Crippen molar-refractivity contribution in [3.63, 3.8) is 0 Å². The Bertz CT molecular complexity index is 1460. The van der Waals surface area contributed by atoms with E-state index in [2.05, 4.69) is 10.6 Å². The summed E-state index contributed by atoms with van der Waals surface area (Å²) in [5, 5.41) is 15.3. The highest BCUT2D eigenvalue weighted by Gasteiger charge is 2.30. The van der Waals surface area contributed by atoms with Crippen molar-refractivity contribution in [3.8, 4) is 5.75 Å². The second-order valence-electron chi connectivity index (χ2n) is 9.82. The van der Waals surface area contributed by atoms with Crippen molar-refractivity contribution < 1.29 is 32.6 Å². The molecule has 3 N–H and O–H groups in total. The number of rotatable bonds is 8. The van der Waals surface area contributed by atoms with Crippen LogP contribution in [0.1, 0.15) is 35.1 Å². The molecule has 2 aliphatic rings. The molecule has 1 atom stereocenters. The molecule has 3 aromatic rings. The fourth-order valence-corrected chi connectivity index (χ4v) is 4.38. The number of benzene rings is 3. The van der Waals surface area contributed by atoms with Gasteiger partial charge in [0.25, 0.3) is 5.91 Å². The molecule has 1 aliphatic heterocycles. The van der Waals surface area contributed by atoms with E-state index in [1.165, 1.54) is 37.1 Å². The molecule has 6 nitrogen and oxygen atoms in total. The third-order valence-corrected chi connectivity index (χ3v) is 6.77. The van der Waals surface area contributed by atoms with Crippen LogP contribution in [-0.2, 0) is 22.2 Å². The van der Waals surface area contributed by atoms with Gasteiger partial charge in [-0.15, -0.1) is 0 Å². The third kappa shape index (κ3) is 6.60. The first-order valence-electron chi connectivity index (χ1n) is 12.9. The third-order valence-electron chi connectivity index (χ3n) is 6.77. The Balaban J connectivity index is 1.36. The topological polar surface area (TPSA) is 87.7 Å². The fourth-order valence-electron chi connectivity index (χ4n) is 4.38. The van der Waals surface area contributed by atoms with E-state index < -0.39 is 29.7 Å². The highest BCUT2D eigenvalue weighted by molar-refractivity contribution is 6.03. The minimum atomic E-state index is -4.45. The van der Waals surface area contributed by atoms with Gasteiger partial charge >= 0.3 is 6.18 Å².